The van der Waals surface area contributed by atoms with Crippen LogP contribution in [0.5, 0.6) is 0 Å². The lowest BCUT2D eigenvalue weighted by Crippen LogP contribution is -2.21. The summed E-state index contributed by atoms with van der Waals surface area (Å²) in [7, 11) is -1.76. The van der Waals surface area contributed by atoms with E-state index in [2.05, 4.69) is 9.71 Å². The summed E-state index contributed by atoms with van der Waals surface area (Å²) < 4.78 is 26.9. The minimum absolute atomic E-state index is 0.0139. The average molecular weight is 215 g/mol. The molecule has 5 nitrogen and oxygen atoms in total. The number of imidazole rings is 1. The summed E-state index contributed by atoms with van der Waals surface area (Å²) in [5.74, 6) is 0.0139. The molecule has 1 aromatic rings. The lowest BCUT2D eigenvalue weighted by molar-refractivity contribution is 0.584. The fourth-order valence-electron chi connectivity index (χ4n) is 1.39. The van der Waals surface area contributed by atoms with E-state index in [1.165, 1.54) is 7.05 Å². The Kier molecular flexibility index (Phi) is 2.32. The Morgan fingerprint density at radius 1 is 1.64 bits per heavy atom. The van der Waals surface area contributed by atoms with Gasteiger partial charge in [-0.25, -0.2) is 18.1 Å². The molecule has 1 aliphatic carbocycles. The Bertz CT molecular complexity index is 420. The van der Waals surface area contributed by atoms with Gasteiger partial charge in [0.1, 0.15) is 5.75 Å². The summed E-state index contributed by atoms with van der Waals surface area (Å²) in [6.45, 7) is 0. The van der Waals surface area contributed by atoms with Crippen molar-refractivity contribution < 1.29 is 8.42 Å². The minimum Gasteiger partial charge on any atom is -0.330 e. The van der Waals surface area contributed by atoms with Crippen LogP contribution < -0.4 is 4.72 Å². The third kappa shape index (κ3) is 1.96. The zero-order chi connectivity index (χ0) is 10.2. The first-order valence-electron chi connectivity index (χ1n) is 4.54. The molecule has 78 valence electrons. The first-order chi connectivity index (χ1) is 6.62. The van der Waals surface area contributed by atoms with E-state index in [0.29, 0.717) is 6.04 Å². The fourth-order valence-corrected chi connectivity index (χ4v) is 2.15. The highest BCUT2D eigenvalue weighted by atomic mass is 32.2. The van der Waals surface area contributed by atoms with Crippen LogP contribution in [0.2, 0.25) is 0 Å². The zero-order valence-corrected chi connectivity index (χ0v) is 8.79. The Morgan fingerprint density at radius 3 is 2.93 bits per heavy atom. The maximum absolute atomic E-state index is 11.3. The number of rotatable bonds is 4. The van der Waals surface area contributed by atoms with E-state index in [1.807, 2.05) is 4.57 Å². The van der Waals surface area contributed by atoms with Gasteiger partial charge in [0, 0.05) is 12.2 Å². The molecule has 0 bridgehead atoms. The Morgan fingerprint density at radius 2 is 2.36 bits per heavy atom. The van der Waals surface area contributed by atoms with Crippen LogP contribution in [0.1, 0.15) is 24.6 Å². The molecule has 1 N–H and O–H groups in total. The molecule has 0 radical (unpaired) electrons. The summed E-state index contributed by atoms with van der Waals surface area (Å²) >= 11 is 0. The number of aromatic nitrogens is 2. The maximum atomic E-state index is 11.3. The van der Waals surface area contributed by atoms with Crippen LogP contribution in [0.4, 0.5) is 0 Å². The van der Waals surface area contributed by atoms with Crippen molar-refractivity contribution in [1.82, 2.24) is 14.3 Å². The molecule has 1 aromatic heterocycles. The van der Waals surface area contributed by atoms with Gasteiger partial charge in [0.15, 0.2) is 0 Å². The van der Waals surface area contributed by atoms with Crippen molar-refractivity contribution in [3.05, 3.63) is 18.2 Å². The molecule has 2 rings (SSSR count). The predicted molar refractivity (Wildman–Crippen MR) is 52.2 cm³/mol. The van der Waals surface area contributed by atoms with E-state index >= 15 is 0 Å². The van der Waals surface area contributed by atoms with Gasteiger partial charge in [-0.1, -0.05) is 0 Å². The fraction of sp³-hybridized carbons (Fsp3) is 0.625. The summed E-state index contributed by atoms with van der Waals surface area (Å²) in [5, 5.41) is 0. The van der Waals surface area contributed by atoms with E-state index in [1.54, 1.807) is 12.5 Å². The van der Waals surface area contributed by atoms with E-state index in [-0.39, 0.29) is 5.75 Å². The summed E-state index contributed by atoms with van der Waals surface area (Å²) in [4.78, 5) is 3.97. The minimum atomic E-state index is -3.18. The quantitative estimate of drug-likeness (QED) is 0.784. The molecule has 0 aromatic carbocycles. The SMILES string of the molecule is CNS(=O)(=O)Cc1cncn1C1CC1. The molecule has 1 saturated carbocycles. The van der Waals surface area contributed by atoms with Crippen molar-refractivity contribution in [1.29, 1.82) is 0 Å². The second kappa shape index (κ2) is 3.36. The monoisotopic (exact) mass is 215 g/mol. The van der Waals surface area contributed by atoms with Crippen LogP contribution >= 0.6 is 0 Å². The summed E-state index contributed by atoms with van der Waals surface area (Å²) in [5.41, 5.74) is 0.766. The molecular weight excluding hydrogens is 202 g/mol. The first-order valence-corrected chi connectivity index (χ1v) is 6.19. The Labute approximate surface area is 83.2 Å². The molecular formula is C8H13N3O2S. The molecule has 0 saturated heterocycles. The van der Waals surface area contributed by atoms with Crippen LogP contribution in [0.25, 0.3) is 0 Å². The van der Waals surface area contributed by atoms with Crippen molar-refractivity contribution in [2.75, 3.05) is 7.05 Å². The smallest absolute Gasteiger partial charge is 0.217 e. The van der Waals surface area contributed by atoms with Crippen molar-refractivity contribution in [2.24, 2.45) is 0 Å². The summed E-state index contributed by atoms with van der Waals surface area (Å²) in [6, 6.07) is 0.472. The number of nitrogens with zero attached hydrogens (tertiary/aromatic N) is 2. The second-order valence-corrected chi connectivity index (χ2v) is 5.41. The first kappa shape index (κ1) is 9.67. The van der Waals surface area contributed by atoms with Gasteiger partial charge in [-0.05, 0) is 19.9 Å². The molecule has 1 heterocycles. The van der Waals surface area contributed by atoms with Crippen molar-refractivity contribution in [3.63, 3.8) is 0 Å². The molecule has 14 heavy (non-hydrogen) atoms. The number of sulfonamides is 1. The van der Waals surface area contributed by atoms with Crippen LogP contribution in [0.15, 0.2) is 12.5 Å². The molecule has 0 amide bonds. The average Bonchev–Trinajstić information content (AvgIpc) is 2.88. The highest BCUT2D eigenvalue weighted by Gasteiger charge is 2.26. The van der Waals surface area contributed by atoms with Crippen LogP contribution in [0, 0.1) is 0 Å². The predicted octanol–water partition coefficient (Wildman–Crippen LogP) is 0.267. The highest BCUT2D eigenvalue weighted by Crippen LogP contribution is 2.35. The van der Waals surface area contributed by atoms with Gasteiger partial charge in [0.25, 0.3) is 0 Å². The molecule has 0 spiro atoms. The van der Waals surface area contributed by atoms with Crippen molar-refractivity contribution in [2.45, 2.75) is 24.6 Å². The third-order valence-electron chi connectivity index (χ3n) is 2.34. The number of hydrogen-bond donors (Lipinski definition) is 1. The molecule has 1 aliphatic rings. The van der Waals surface area contributed by atoms with Gasteiger partial charge in [0.2, 0.25) is 10.0 Å². The molecule has 6 heteroatoms. The normalized spacial score (nSPS) is 17.2. The van der Waals surface area contributed by atoms with Crippen molar-refractivity contribution in [3.8, 4) is 0 Å². The van der Waals surface area contributed by atoms with E-state index in [0.717, 1.165) is 18.5 Å². The van der Waals surface area contributed by atoms with Crippen LogP contribution in [-0.2, 0) is 15.8 Å². The van der Waals surface area contributed by atoms with Crippen LogP contribution in [0.3, 0.4) is 0 Å². The lowest BCUT2D eigenvalue weighted by Gasteiger charge is -2.06. The van der Waals surface area contributed by atoms with Gasteiger partial charge >= 0.3 is 0 Å². The highest BCUT2D eigenvalue weighted by molar-refractivity contribution is 7.88. The second-order valence-electron chi connectivity index (χ2n) is 3.49. The van der Waals surface area contributed by atoms with E-state index in [9.17, 15) is 8.42 Å². The standard InChI is InChI=1S/C8H13N3O2S/c1-9-14(12,13)5-8-4-10-6-11(8)7-2-3-7/h4,6-7,9H,2-3,5H2,1H3. The lowest BCUT2D eigenvalue weighted by atomic mass is 10.5. The Hall–Kier alpha value is -0.880. The largest absolute Gasteiger partial charge is 0.330 e. The van der Waals surface area contributed by atoms with Crippen molar-refractivity contribution >= 4 is 10.0 Å². The third-order valence-corrected chi connectivity index (χ3v) is 3.63. The van der Waals surface area contributed by atoms with Gasteiger partial charge in [0.05, 0.1) is 12.0 Å². The van der Waals surface area contributed by atoms with Gasteiger partial charge < -0.3 is 4.57 Å². The molecule has 0 atom stereocenters. The number of hydrogen-bond acceptors (Lipinski definition) is 3. The van der Waals surface area contributed by atoms with Gasteiger partial charge in [-0.2, -0.15) is 0 Å². The zero-order valence-electron chi connectivity index (χ0n) is 7.97. The Balaban J connectivity index is 2.20. The number of nitrogens with one attached hydrogen (secondary N) is 1. The van der Waals surface area contributed by atoms with E-state index < -0.39 is 10.0 Å². The van der Waals surface area contributed by atoms with Gasteiger partial charge in [-0.15, -0.1) is 0 Å². The van der Waals surface area contributed by atoms with Gasteiger partial charge in [-0.3, -0.25) is 0 Å². The molecule has 0 unspecified atom stereocenters. The molecule has 1 fully saturated rings. The summed E-state index contributed by atoms with van der Waals surface area (Å²) in [6.07, 6.45) is 5.58. The topological polar surface area (TPSA) is 64.0 Å². The van der Waals surface area contributed by atoms with E-state index in [4.69, 9.17) is 0 Å². The maximum Gasteiger partial charge on any atom is 0.217 e. The van der Waals surface area contributed by atoms with Crippen LogP contribution in [-0.4, -0.2) is 25.0 Å². The molecule has 0 aliphatic heterocycles.